The maximum absolute atomic E-state index is 3.84. The Labute approximate surface area is 129 Å². The molecule has 1 rings (SSSR count). The summed E-state index contributed by atoms with van der Waals surface area (Å²) in [5.74, 6) is 0. The Kier molecular flexibility index (Phi) is 8.64. The van der Waals surface area contributed by atoms with Gasteiger partial charge in [0.25, 0.3) is 0 Å². The minimum atomic E-state index is 0.515. The molecule has 1 unspecified atom stereocenters. The summed E-state index contributed by atoms with van der Waals surface area (Å²) in [5.41, 5.74) is 0.515. The molecule has 1 aliphatic rings. The first kappa shape index (κ1) is 17.5. The van der Waals surface area contributed by atoms with Crippen molar-refractivity contribution in [2.24, 2.45) is 5.41 Å². The predicted octanol–water partition coefficient (Wildman–Crippen LogP) is 5.62. The Balaban J connectivity index is 2.73. The molecular weight excluding hydrogens is 298 g/mol. The number of rotatable bonds is 8. The highest BCUT2D eigenvalue weighted by atomic mass is 79.9. The zero-order valence-corrected chi connectivity index (χ0v) is 15.0. The smallest absolute Gasteiger partial charge is 0.0100 e. The van der Waals surface area contributed by atoms with E-state index in [1.165, 1.54) is 76.2 Å². The second-order valence-corrected chi connectivity index (χ2v) is 7.08. The fourth-order valence-corrected chi connectivity index (χ4v) is 4.60. The Morgan fingerprint density at radius 3 is 2.26 bits per heavy atom. The Bertz CT molecular complexity index is 223. The van der Waals surface area contributed by atoms with Crippen LogP contribution in [0, 0.1) is 5.41 Å². The van der Waals surface area contributed by atoms with Gasteiger partial charge in [0.1, 0.15) is 0 Å². The van der Waals surface area contributed by atoms with Crippen molar-refractivity contribution in [1.29, 1.82) is 0 Å². The van der Waals surface area contributed by atoms with Crippen molar-refractivity contribution in [1.82, 2.24) is 4.90 Å². The second-order valence-electron chi connectivity index (χ2n) is 6.52. The lowest BCUT2D eigenvalue weighted by molar-refractivity contribution is 0.107. The van der Waals surface area contributed by atoms with E-state index in [4.69, 9.17) is 0 Å². The molecule has 0 aliphatic carbocycles. The quantitative estimate of drug-likeness (QED) is 0.521. The van der Waals surface area contributed by atoms with E-state index in [9.17, 15) is 0 Å². The van der Waals surface area contributed by atoms with Gasteiger partial charge in [-0.2, -0.15) is 0 Å². The molecule has 0 saturated carbocycles. The molecule has 1 aliphatic heterocycles. The van der Waals surface area contributed by atoms with E-state index in [0.29, 0.717) is 5.41 Å². The molecule has 1 atom stereocenters. The molecule has 114 valence electrons. The SMILES string of the molecule is CCCC(CBr)(CCC)CN1CCCCCC1CC. The molecule has 0 aromatic heterocycles. The average molecular weight is 332 g/mol. The molecule has 1 nitrogen and oxygen atoms in total. The predicted molar refractivity (Wildman–Crippen MR) is 90.2 cm³/mol. The third-order valence-electron chi connectivity index (χ3n) is 4.85. The summed E-state index contributed by atoms with van der Waals surface area (Å²) in [7, 11) is 0. The van der Waals surface area contributed by atoms with Gasteiger partial charge in [-0.05, 0) is 44.1 Å². The lowest BCUT2D eigenvalue weighted by atomic mass is 9.80. The van der Waals surface area contributed by atoms with Crippen LogP contribution in [0.25, 0.3) is 0 Å². The van der Waals surface area contributed by atoms with Gasteiger partial charge in [0.05, 0.1) is 0 Å². The monoisotopic (exact) mass is 331 g/mol. The molecule has 2 heteroatoms. The summed E-state index contributed by atoms with van der Waals surface area (Å²) in [6.45, 7) is 9.71. The number of hydrogen-bond acceptors (Lipinski definition) is 1. The van der Waals surface area contributed by atoms with Crippen molar-refractivity contribution in [2.45, 2.75) is 84.6 Å². The van der Waals surface area contributed by atoms with Crippen LogP contribution in [0.1, 0.15) is 78.6 Å². The first-order valence-electron chi connectivity index (χ1n) is 8.51. The van der Waals surface area contributed by atoms with Gasteiger partial charge in [0.15, 0.2) is 0 Å². The lowest BCUT2D eigenvalue weighted by Crippen LogP contribution is -2.44. The van der Waals surface area contributed by atoms with Crippen molar-refractivity contribution in [3.8, 4) is 0 Å². The van der Waals surface area contributed by atoms with Gasteiger partial charge >= 0.3 is 0 Å². The molecule has 1 heterocycles. The van der Waals surface area contributed by atoms with Crippen molar-refractivity contribution in [3.05, 3.63) is 0 Å². The van der Waals surface area contributed by atoms with Gasteiger partial charge in [-0.3, -0.25) is 4.90 Å². The number of alkyl halides is 1. The highest BCUT2D eigenvalue weighted by molar-refractivity contribution is 9.09. The first-order chi connectivity index (χ1) is 9.21. The summed E-state index contributed by atoms with van der Waals surface area (Å²) in [6.07, 6.45) is 12.4. The average Bonchev–Trinajstić information content (AvgIpc) is 2.64. The largest absolute Gasteiger partial charge is 0.300 e. The number of halogens is 1. The van der Waals surface area contributed by atoms with E-state index in [-0.39, 0.29) is 0 Å². The van der Waals surface area contributed by atoms with Crippen LogP contribution in [-0.2, 0) is 0 Å². The van der Waals surface area contributed by atoms with E-state index in [1.54, 1.807) is 0 Å². The minimum Gasteiger partial charge on any atom is -0.300 e. The highest BCUT2D eigenvalue weighted by Gasteiger charge is 2.32. The summed E-state index contributed by atoms with van der Waals surface area (Å²) in [6, 6.07) is 0.842. The molecule has 0 radical (unpaired) electrons. The Morgan fingerprint density at radius 2 is 1.74 bits per heavy atom. The normalized spacial score (nSPS) is 22.4. The molecule has 0 aromatic carbocycles. The number of nitrogens with zero attached hydrogens (tertiary/aromatic N) is 1. The van der Waals surface area contributed by atoms with Crippen LogP contribution in [-0.4, -0.2) is 29.4 Å². The van der Waals surface area contributed by atoms with Crippen molar-refractivity contribution >= 4 is 15.9 Å². The van der Waals surface area contributed by atoms with Gasteiger partial charge < -0.3 is 0 Å². The van der Waals surface area contributed by atoms with Crippen LogP contribution < -0.4 is 0 Å². The molecule has 19 heavy (non-hydrogen) atoms. The van der Waals surface area contributed by atoms with Crippen molar-refractivity contribution in [2.75, 3.05) is 18.4 Å². The third-order valence-corrected chi connectivity index (χ3v) is 6.04. The van der Waals surface area contributed by atoms with E-state index in [2.05, 4.69) is 41.6 Å². The lowest BCUT2D eigenvalue weighted by Gasteiger charge is -2.40. The molecule has 0 amide bonds. The standard InChI is InChI=1S/C17H34BrN/c1-4-11-17(14-18,12-5-2)15-19-13-9-7-8-10-16(19)6-3/h16H,4-15H2,1-3H3. The molecule has 0 N–H and O–H groups in total. The second kappa shape index (κ2) is 9.39. The molecule has 0 aromatic rings. The zero-order chi connectivity index (χ0) is 14.1. The molecular formula is C17H34BrN. The van der Waals surface area contributed by atoms with Crippen LogP contribution >= 0.6 is 15.9 Å². The van der Waals surface area contributed by atoms with E-state index in [0.717, 1.165) is 6.04 Å². The topological polar surface area (TPSA) is 3.24 Å². The van der Waals surface area contributed by atoms with Crippen molar-refractivity contribution < 1.29 is 0 Å². The summed E-state index contributed by atoms with van der Waals surface area (Å²) in [5, 5.41) is 1.18. The zero-order valence-electron chi connectivity index (χ0n) is 13.4. The van der Waals surface area contributed by atoms with Gasteiger partial charge in [0.2, 0.25) is 0 Å². The fourth-order valence-electron chi connectivity index (χ4n) is 3.86. The van der Waals surface area contributed by atoms with Crippen LogP contribution in [0.3, 0.4) is 0 Å². The highest BCUT2D eigenvalue weighted by Crippen LogP contribution is 2.35. The number of hydrogen-bond donors (Lipinski definition) is 0. The Hall–Kier alpha value is 0.440. The molecule has 0 bridgehead atoms. The van der Waals surface area contributed by atoms with Crippen molar-refractivity contribution in [3.63, 3.8) is 0 Å². The summed E-state index contributed by atoms with van der Waals surface area (Å²) >= 11 is 3.84. The minimum absolute atomic E-state index is 0.515. The first-order valence-corrected chi connectivity index (χ1v) is 9.63. The third kappa shape index (κ3) is 5.38. The van der Waals surface area contributed by atoms with Gasteiger partial charge in [-0.25, -0.2) is 0 Å². The van der Waals surface area contributed by atoms with Crippen LogP contribution in [0.2, 0.25) is 0 Å². The van der Waals surface area contributed by atoms with Crippen LogP contribution in [0.4, 0.5) is 0 Å². The van der Waals surface area contributed by atoms with E-state index < -0.39 is 0 Å². The van der Waals surface area contributed by atoms with Gasteiger partial charge in [-0.1, -0.05) is 62.4 Å². The molecule has 1 saturated heterocycles. The van der Waals surface area contributed by atoms with Gasteiger partial charge in [0, 0.05) is 17.9 Å². The molecule has 1 fully saturated rings. The number of likely N-dealkylation sites (tertiary alicyclic amines) is 1. The van der Waals surface area contributed by atoms with Crippen LogP contribution in [0.5, 0.6) is 0 Å². The van der Waals surface area contributed by atoms with Gasteiger partial charge in [-0.15, -0.1) is 0 Å². The molecule has 0 spiro atoms. The van der Waals surface area contributed by atoms with Crippen LogP contribution in [0.15, 0.2) is 0 Å². The fraction of sp³-hybridized carbons (Fsp3) is 1.00. The maximum Gasteiger partial charge on any atom is 0.0100 e. The summed E-state index contributed by atoms with van der Waals surface area (Å²) in [4.78, 5) is 2.83. The Morgan fingerprint density at radius 1 is 1.05 bits per heavy atom. The van der Waals surface area contributed by atoms with E-state index in [1.807, 2.05) is 0 Å². The summed E-state index contributed by atoms with van der Waals surface area (Å²) < 4.78 is 0. The van der Waals surface area contributed by atoms with E-state index >= 15 is 0 Å². The maximum atomic E-state index is 3.84.